The molecular weight excluding hydrogens is 286 g/mol. The van der Waals surface area contributed by atoms with Gasteiger partial charge in [0.25, 0.3) is 5.89 Å². The van der Waals surface area contributed by atoms with Crippen molar-refractivity contribution in [1.29, 1.82) is 0 Å². The fraction of sp³-hybridized carbons (Fsp3) is 0.733. The smallest absolute Gasteiger partial charge is 0.308 e. The van der Waals surface area contributed by atoms with Gasteiger partial charge in [-0.1, -0.05) is 0 Å². The topological polar surface area (TPSA) is 76.8 Å². The number of nitrogens with zero attached hydrogens (tertiary/aromatic N) is 2. The van der Waals surface area contributed by atoms with Crippen molar-refractivity contribution in [2.75, 3.05) is 39.5 Å². The number of hydrogen-bond acceptors (Lipinski definition) is 6. The molecule has 0 atom stereocenters. The van der Waals surface area contributed by atoms with Crippen LogP contribution in [0.25, 0.3) is 0 Å². The molecule has 7 nitrogen and oxygen atoms in total. The first-order valence-electron chi connectivity index (χ1n) is 7.65. The van der Waals surface area contributed by atoms with E-state index in [0.717, 1.165) is 26.3 Å². The van der Waals surface area contributed by atoms with Crippen LogP contribution in [0.4, 0.5) is 0 Å². The summed E-state index contributed by atoms with van der Waals surface area (Å²) in [7, 11) is 0. The van der Waals surface area contributed by atoms with Crippen molar-refractivity contribution in [2.24, 2.45) is 0 Å². The zero-order valence-electron chi connectivity index (χ0n) is 13.8. The van der Waals surface area contributed by atoms with Gasteiger partial charge in [0.2, 0.25) is 0 Å². The quantitative estimate of drug-likeness (QED) is 0.851. The van der Waals surface area contributed by atoms with Gasteiger partial charge in [-0.05, 0) is 27.7 Å². The monoisotopic (exact) mass is 311 g/mol. The van der Waals surface area contributed by atoms with Crippen LogP contribution in [0.2, 0.25) is 0 Å². The normalized spacial score (nSPS) is 16.5. The van der Waals surface area contributed by atoms with Crippen LogP contribution in [-0.2, 0) is 4.74 Å². The van der Waals surface area contributed by atoms with E-state index in [0.29, 0.717) is 24.8 Å². The third-order valence-corrected chi connectivity index (χ3v) is 3.77. The fourth-order valence-corrected chi connectivity index (χ4v) is 2.40. The van der Waals surface area contributed by atoms with E-state index in [4.69, 9.17) is 13.9 Å². The summed E-state index contributed by atoms with van der Waals surface area (Å²) in [6.45, 7) is 12.0. The molecule has 22 heavy (non-hydrogen) atoms. The van der Waals surface area contributed by atoms with Crippen LogP contribution in [0.3, 0.4) is 0 Å². The van der Waals surface area contributed by atoms with Crippen LogP contribution in [0.5, 0.6) is 5.95 Å². The molecule has 0 spiro atoms. The number of nitrogens with one attached hydrogen (secondary N) is 1. The summed E-state index contributed by atoms with van der Waals surface area (Å²) in [4.78, 5) is 18.6. The summed E-state index contributed by atoms with van der Waals surface area (Å²) < 4.78 is 16.0. The first-order valence-corrected chi connectivity index (χ1v) is 7.65. The van der Waals surface area contributed by atoms with Crippen molar-refractivity contribution in [2.45, 2.75) is 33.2 Å². The molecule has 1 aromatic rings. The maximum absolute atomic E-state index is 12.2. The summed E-state index contributed by atoms with van der Waals surface area (Å²) in [6.07, 6.45) is 0. The molecule has 0 aromatic carbocycles. The van der Waals surface area contributed by atoms with Crippen LogP contribution in [-0.4, -0.2) is 60.8 Å². The summed E-state index contributed by atoms with van der Waals surface area (Å²) in [5, 5.41) is 2.89. The molecule has 0 radical (unpaired) electrons. The van der Waals surface area contributed by atoms with E-state index in [9.17, 15) is 4.79 Å². The highest BCUT2D eigenvalue weighted by molar-refractivity contribution is 5.89. The zero-order valence-corrected chi connectivity index (χ0v) is 13.8. The molecular formula is C15H25N3O4. The molecule has 1 fully saturated rings. The molecule has 1 aliphatic heterocycles. The molecule has 1 saturated heterocycles. The lowest BCUT2D eigenvalue weighted by molar-refractivity contribution is -0.00932. The number of aromatic nitrogens is 1. The molecule has 1 aromatic heterocycles. The van der Waals surface area contributed by atoms with Crippen LogP contribution in [0, 0.1) is 6.92 Å². The fourth-order valence-electron chi connectivity index (χ4n) is 2.40. The van der Waals surface area contributed by atoms with Crippen LogP contribution in [0.15, 0.2) is 4.42 Å². The van der Waals surface area contributed by atoms with E-state index in [1.807, 2.05) is 6.92 Å². The van der Waals surface area contributed by atoms with Gasteiger partial charge >= 0.3 is 11.9 Å². The van der Waals surface area contributed by atoms with Crippen molar-refractivity contribution in [3.63, 3.8) is 0 Å². The Bertz CT molecular complexity index is 507. The minimum atomic E-state index is -0.324. The Morgan fingerprint density at radius 3 is 2.73 bits per heavy atom. The molecule has 1 N–H and O–H groups in total. The van der Waals surface area contributed by atoms with Gasteiger partial charge in [-0.2, -0.15) is 0 Å². The third kappa shape index (κ3) is 3.98. The van der Waals surface area contributed by atoms with Gasteiger partial charge in [-0.3, -0.25) is 9.69 Å². The average Bonchev–Trinajstić information content (AvgIpc) is 2.87. The highest BCUT2D eigenvalue weighted by atomic mass is 16.6. The predicted octanol–water partition coefficient (Wildman–Crippen LogP) is 1.22. The Hall–Kier alpha value is -1.60. The van der Waals surface area contributed by atoms with Crippen molar-refractivity contribution in [3.8, 4) is 5.95 Å². The lowest BCUT2D eigenvalue weighted by Gasteiger charge is -2.40. The van der Waals surface area contributed by atoms with E-state index in [1.54, 1.807) is 6.92 Å². The summed E-state index contributed by atoms with van der Waals surface area (Å²) in [5.41, 5.74) is 0.434. The van der Waals surface area contributed by atoms with E-state index in [-0.39, 0.29) is 17.3 Å². The Kier molecular flexibility index (Phi) is 5.42. The Morgan fingerprint density at radius 1 is 1.41 bits per heavy atom. The Labute approximate surface area is 131 Å². The predicted molar refractivity (Wildman–Crippen MR) is 81.2 cm³/mol. The number of carbonyl (C=O) groups is 1. The SMILES string of the molecule is CCOc1oc(C(=O)NCC(C)(C)N2CCOCC2)nc1C. The van der Waals surface area contributed by atoms with Gasteiger partial charge in [0, 0.05) is 25.2 Å². The lowest BCUT2D eigenvalue weighted by atomic mass is 10.0. The standard InChI is InChI=1S/C15H25N3O4/c1-5-21-14-11(2)17-13(22-14)12(19)16-10-15(3,4)18-6-8-20-9-7-18/h5-10H2,1-4H3,(H,16,19). The number of ether oxygens (including phenoxy) is 2. The Morgan fingerprint density at radius 2 is 2.09 bits per heavy atom. The number of aryl methyl sites for hydroxylation is 1. The molecule has 0 aliphatic carbocycles. The molecule has 0 unspecified atom stereocenters. The molecule has 7 heteroatoms. The number of morpholine rings is 1. The highest BCUT2D eigenvalue weighted by Crippen LogP contribution is 2.19. The van der Waals surface area contributed by atoms with E-state index in [1.165, 1.54) is 0 Å². The summed E-state index contributed by atoms with van der Waals surface area (Å²) in [5.74, 6) is 0.0224. The number of hydrogen-bond donors (Lipinski definition) is 1. The Balaban J connectivity index is 1.92. The van der Waals surface area contributed by atoms with Gasteiger partial charge in [-0.15, -0.1) is 0 Å². The summed E-state index contributed by atoms with van der Waals surface area (Å²) >= 11 is 0. The molecule has 2 heterocycles. The van der Waals surface area contributed by atoms with E-state index >= 15 is 0 Å². The first-order chi connectivity index (χ1) is 10.4. The second-order valence-corrected chi connectivity index (χ2v) is 5.92. The minimum absolute atomic E-state index is 0.0405. The molecule has 1 amide bonds. The number of rotatable bonds is 6. The van der Waals surface area contributed by atoms with Crippen LogP contribution in [0.1, 0.15) is 37.2 Å². The maximum Gasteiger partial charge on any atom is 0.308 e. The second-order valence-electron chi connectivity index (χ2n) is 5.92. The first kappa shape index (κ1) is 16.8. The van der Waals surface area contributed by atoms with Crippen molar-refractivity contribution >= 4 is 5.91 Å². The number of carbonyl (C=O) groups excluding carboxylic acids is 1. The van der Waals surface area contributed by atoms with Crippen molar-refractivity contribution < 1.29 is 18.7 Å². The van der Waals surface area contributed by atoms with Crippen LogP contribution < -0.4 is 10.1 Å². The maximum atomic E-state index is 12.2. The number of amides is 1. The lowest BCUT2D eigenvalue weighted by Crippen LogP contribution is -2.55. The van der Waals surface area contributed by atoms with Gasteiger partial charge < -0.3 is 19.2 Å². The highest BCUT2D eigenvalue weighted by Gasteiger charge is 2.29. The molecule has 0 saturated carbocycles. The zero-order chi connectivity index (χ0) is 16.2. The second kappa shape index (κ2) is 7.11. The molecule has 124 valence electrons. The summed E-state index contributed by atoms with van der Waals surface area (Å²) in [6, 6.07) is 0. The average molecular weight is 311 g/mol. The van der Waals surface area contributed by atoms with Crippen molar-refractivity contribution in [1.82, 2.24) is 15.2 Å². The van der Waals surface area contributed by atoms with Crippen molar-refractivity contribution in [3.05, 3.63) is 11.6 Å². The van der Waals surface area contributed by atoms with Gasteiger partial charge in [0.1, 0.15) is 5.69 Å². The molecule has 2 rings (SSSR count). The number of oxazole rings is 1. The largest absolute Gasteiger partial charge is 0.464 e. The molecule has 1 aliphatic rings. The third-order valence-electron chi connectivity index (χ3n) is 3.77. The van der Waals surface area contributed by atoms with Gasteiger partial charge in [0.15, 0.2) is 0 Å². The minimum Gasteiger partial charge on any atom is -0.464 e. The molecule has 0 bridgehead atoms. The van der Waals surface area contributed by atoms with E-state index < -0.39 is 0 Å². The van der Waals surface area contributed by atoms with Gasteiger partial charge in [-0.25, -0.2) is 4.98 Å². The van der Waals surface area contributed by atoms with E-state index in [2.05, 4.69) is 29.0 Å². The van der Waals surface area contributed by atoms with Crippen LogP contribution >= 0.6 is 0 Å². The van der Waals surface area contributed by atoms with Gasteiger partial charge in [0.05, 0.1) is 19.8 Å².